The monoisotopic (exact) mass is 420 g/mol. The minimum atomic E-state index is -0.910. The molecule has 0 heterocycles. The van der Waals surface area contributed by atoms with Gasteiger partial charge in [0.1, 0.15) is 6.61 Å². The number of hydrogen-bond acceptors (Lipinski definition) is 4. The Labute approximate surface area is 180 Å². The van der Waals surface area contributed by atoms with Gasteiger partial charge in [0.2, 0.25) is 0 Å². The molecule has 31 heavy (non-hydrogen) atoms. The van der Waals surface area contributed by atoms with Crippen LogP contribution in [0.25, 0.3) is 11.1 Å². The zero-order valence-corrected chi connectivity index (χ0v) is 17.2. The number of ether oxygens (including phenoxy) is 1. The van der Waals surface area contributed by atoms with Crippen LogP contribution in [-0.4, -0.2) is 42.8 Å². The van der Waals surface area contributed by atoms with E-state index in [-0.39, 0.29) is 25.6 Å². The number of carboxylic acid groups (broad SMARTS) is 1. The van der Waals surface area contributed by atoms with Crippen molar-refractivity contribution in [3.8, 4) is 23.0 Å². The molecule has 160 valence electrons. The van der Waals surface area contributed by atoms with E-state index in [0.717, 1.165) is 22.3 Å². The molecule has 7 nitrogen and oxygen atoms in total. The van der Waals surface area contributed by atoms with E-state index in [1.807, 2.05) is 36.4 Å². The number of carboxylic acids is 1. The van der Waals surface area contributed by atoms with Gasteiger partial charge in [0.05, 0.1) is 12.5 Å². The van der Waals surface area contributed by atoms with E-state index < -0.39 is 23.9 Å². The number of rotatable bonds is 7. The summed E-state index contributed by atoms with van der Waals surface area (Å²) in [6.07, 6.45) is -0.285. The molecule has 1 aliphatic rings. The maximum Gasteiger partial charge on any atom is 0.407 e. The van der Waals surface area contributed by atoms with Gasteiger partial charge in [-0.15, -0.1) is 0 Å². The molecule has 1 aliphatic carbocycles. The van der Waals surface area contributed by atoms with Crippen LogP contribution in [0.3, 0.4) is 0 Å². The standard InChI is InChI=1S/C24H24N2O5/c1-16(23(28)29)12-14-25-22(27)11-6-13-26-24(30)31-15-21-19-9-4-2-7-17(19)18-8-3-5-10-20(18)21/h2-5,7-10,16,21H,12-15H2,1H3,(H,25,27)(H,26,30)(H,28,29). The second-order valence-electron chi connectivity index (χ2n) is 7.26. The summed E-state index contributed by atoms with van der Waals surface area (Å²) in [5.41, 5.74) is 4.57. The van der Waals surface area contributed by atoms with Gasteiger partial charge in [0, 0.05) is 12.5 Å². The first kappa shape index (κ1) is 21.9. The molecule has 1 atom stereocenters. The van der Waals surface area contributed by atoms with Crippen molar-refractivity contribution in [2.45, 2.75) is 19.3 Å². The van der Waals surface area contributed by atoms with Crippen molar-refractivity contribution < 1.29 is 24.2 Å². The van der Waals surface area contributed by atoms with Crippen LogP contribution in [0, 0.1) is 17.8 Å². The number of hydrogen-bond donors (Lipinski definition) is 3. The SMILES string of the molecule is CC(CCNC(=O)C#CCNC(=O)OCC1c2ccccc2-c2ccccc21)C(=O)O. The van der Waals surface area contributed by atoms with E-state index in [9.17, 15) is 14.4 Å². The number of amides is 2. The summed E-state index contributed by atoms with van der Waals surface area (Å²) in [5, 5.41) is 13.8. The van der Waals surface area contributed by atoms with E-state index in [1.165, 1.54) is 0 Å². The minimum Gasteiger partial charge on any atom is -0.481 e. The average Bonchev–Trinajstić information content (AvgIpc) is 3.09. The van der Waals surface area contributed by atoms with Crippen LogP contribution in [0.1, 0.15) is 30.4 Å². The predicted octanol–water partition coefficient (Wildman–Crippen LogP) is 2.76. The van der Waals surface area contributed by atoms with Crippen molar-refractivity contribution in [3.05, 3.63) is 59.7 Å². The number of benzene rings is 2. The Bertz CT molecular complexity index is 992. The van der Waals surface area contributed by atoms with Crippen molar-refractivity contribution in [2.75, 3.05) is 19.7 Å². The first-order chi connectivity index (χ1) is 15.0. The molecule has 2 aromatic rings. The van der Waals surface area contributed by atoms with Gasteiger partial charge in [-0.25, -0.2) is 4.79 Å². The number of carbonyl (C=O) groups is 3. The highest BCUT2D eigenvalue weighted by atomic mass is 16.5. The molecule has 0 saturated carbocycles. The highest BCUT2D eigenvalue weighted by Gasteiger charge is 2.28. The molecule has 0 spiro atoms. The maximum atomic E-state index is 12.0. The fourth-order valence-corrected chi connectivity index (χ4v) is 3.46. The Balaban J connectivity index is 1.43. The lowest BCUT2D eigenvalue weighted by atomic mass is 9.98. The van der Waals surface area contributed by atoms with E-state index in [4.69, 9.17) is 9.84 Å². The third kappa shape index (κ3) is 5.64. The second-order valence-corrected chi connectivity index (χ2v) is 7.26. The molecule has 2 amide bonds. The molecular weight excluding hydrogens is 396 g/mol. The Morgan fingerprint density at radius 1 is 1.03 bits per heavy atom. The van der Waals surface area contributed by atoms with Gasteiger partial charge in [0.25, 0.3) is 5.91 Å². The third-order valence-corrected chi connectivity index (χ3v) is 5.15. The summed E-state index contributed by atoms with van der Waals surface area (Å²) in [5.74, 6) is 2.90. The van der Waals surface area contributed by atoms with Crippen molar-refractivity contribution >= 4 is 18.0 Å². The summed E-state index contributed by atoms with van der Waals surface area (Å²) in [6, 6.07) is 16.2. The topological polar surface area (TPSA) is 105 Å². The van der Waals surface area contributed by atoms with Crippen LogP contribution >= 0.6 is 0 Å². The van der Waals surface area contributed by atoms with Crippen LogP contribution in [0.2, 0.25) is 0 Å². The van der Waals surface area contributed by atoms with Crippen LogP contribution in [-0.2, 0) is 14.3 Å². The van der Waals surface area contributed by atoms with Gasteiger partial charge in [-0.2, -0.15) is 0 Å². The Kier molecular flexibility index (Phi) is 7.28. The molecule has 7 heteroatoms. The molecule has 0 saturated heterocycles. The average molecular weight is 420 g/mol. The first-order valence-corrected chi connectivity index (χ1v) is 10.1. The van der Waals surface area contributed by atoms with Crippen molar-refractivity contribution in [2.24, 2.45) is 5.92 Å². The molecule has 1 unspecified atom stereocenters. The quantitative estimate of drug-likeness (QED) is 0.598. The van der Waals surface area contributed by atoms with Gasteiger partial charge in [-0.05, 0) is 34.6 Å². The van der Waals surface area contributed by atoms with Gasteiger partial charge in [-0.1, -0.05) is 61.4 Å². The molecule has 0 aromatic heterocycles. The van der Waals surface area contributed by atoms with Gasteiger partial charge in [0.15, 0.2) is 0 Å². The van der Waals surface area contributed by atoms with E-state index in [2.05, 4.69) is 34.6 Å². The molecule has 3 N–H and O–H groups in total. The molecule has 0 aliphatic heterocycles. The lowest BCUT2D eigenvalue weighted by Crippen LogP contribution is -2.27. The van der Waals surface area contributed by atoms with Crippen LogP contribution in [0.5, 0.6) is 0 Å². The summed E-state index contributed by atoms with van der Waals surface area (Å²) in [7, 11) is 0. The van der Waals surface area contributed by atoms with Gasteiger partial charge < -0.3 is 20.5 Å². The van der Waals surface area contributed by atoms with Crippen LogP contribution < -0.4 is 10.6 Å². The lowest BCUT2D eigenvalue weighted by molar-refractivity contribution is -0.141. The molecule has 0 radical (unpaired) electrons. The zero-order valence-electron chi connectivity index (χ0n) is 17.2. The summed E-state index contributed by atoms with van der Waals surface area (Å²) >= 11 is 0. The lowest BCUT2D eigenvalue weighted by Gasteiger charge is -2.14. The summed E-state index contributed by atoms with van der Waals surface area (Å²) < 4.78 is 5.39. The molecule has 0 bridgehead atoms. The maximum absolute atomic E-state index is 12.0. The van der Waals surface area contributed by atoms with Crippen molar-refractivity contribution in [1.82, 2.24) is 10.6 Å². The Morgan fingerprint density at radius 3 is 2.26 bits per heavy atom. The number of nitrogens with one attached hydrogen (secondary N) is 2. The normalized spacial score (nSPS) is 12.5. The number of carbonyl (C=O) groups excluding carboxylic acids is 2. The molecule has 3 rings (SSSR count). The summed E-state index contributed by atoms with van der Waals surface area (Å²) in [4.78, 5) is 34.3. The fraction of sp³-hybridized carbons (Fsp3) is 0.292. The van der Waals surface area contributed by atoms with Crippen LogP contribution in [0.4, 0.5) is 4.79 Å². The number of aliphatic carboxylic acids is 1. The highest BCUT2D eigenvalue weighted by molar-refractivity contribution is 5.93. The third-order valence-electron chi connectivity index (χ3n) is 5.15. The number of alkyl carbamates (subject to hydrolysis) is 1. The van der Waals surface area contributed by atoms with E-state index >= 15 is 0 Å². The van der Waals surface area contributed by atoms with E-state index in [1.54, 1.807) is 6.92 Å². The van der Waals surface area contributed by atoms with Gasteiger partial charge in [-0.3, -0.25) is 9.59 Å². The van der Waals surface area contributed by atoms with Crippen LogP contribution in [0.15, 0.2) is 48.5 Å². The second kappa shape index (κ2) is 10.3. The Hall–Kier alpha value is -3.79. The van der Waals surface area contributed by atoms with Gasteiger partial charge >= 0.3 is 12.1 Å². The highest BCUT2D eigenvalue weighted by Crippen LogP contribution is 2.44. The van der Waals surface area contributed by atoms with Crippen molar-refractivity contribution in [1.29, 1.82) is 0 Å². The van der Waals surface area contributed by atoms with Crippen molar-refractivity contribution in [3.63, 3.8) is 0 Å². The molecule has 2 aromatic carbocycles. The Morgan fingerprint density at radius 2 is 1.65 bits per heavy atom. The summed E-state index contributed by atoms with van der Waals surface area (Å²) in [6.45, 7) is 1.96. The minimum absolute atomic E-state index is 0.0248. The molecular formula is C24H24N2O5. The first-order valence-electron chi connectivity index (χ1n) is 10.1. The fourth-order valence-electron chi connectivity index (χ4n) is 3.46. The van der Waals surface area contributed by atoms with E-state index in [0.29, 0.717) is 6.42 Å². The zero-order chi connectivity index (χ0) is 22.2. The predicted molar refractivity (Wildman–Crippen MR) is 115 cm³/mol. The number of fused-ring (bicyclic) bond motifs is 3. The molecule has 0 fully saturated rings. The smallest absolute Gasteiger partial charge is 0.407 e. The largest absolute Gasteiger partial charge is 0.481 e.